The van der Waals surface area contributed by atoms with Crippen LogP contribution in [-0.2, 0) is 11.3 Å². The molecule has 0 aliphatic rings. The SMILES string of the molecule is COCOc1ccccc1COc1cc(-c2cnc3ccccn23)sc1C(N)=O. The summed E-state index contributed by atoms with van der Waals surface area (Å²) in [7, 11) is 1.56. The average Bonchev–Trinajstić information content (AvgIpc) is 3.35. The summed E-state index contributed by atoms with van der Waals surface area (Å²) < 4.78 is 18.4. The topological polar surface area (TPSA) is 88.1 Å². The van der Waals surface area contributed by atoms with Crippen molar-refractivity contribution < 1.29 is 19.0 Å². The molecule has 1 amide bonds. The standard InChI is InChI=1S/C21H19N3O4S/c1-26-13-28-16-7-3-2-6-14(16)12-27-17-10-18(29-20(17)21(22)25)15-11-23-19-8-4-5-9-24(15)19/h2-11H,12-13H2,1H3,(H2,22,25). The Labute approximate surface area is 171 Å². The normalized spacial score (nSPS) is 10.9. The number of benzene rings is 1. The number of carbonyl (C=O) groups excluding carboxylic acids is 1. The zero-order valence-electron chi connectivity index (χ0n) is 15.7. The molecule has 1 aromatic carbocycles. The molecule has 0 fully saturated rings. The molecule has 4 aromatic rings. The Bertz CT molecular complexity index is 1150. The van der Waals surface area contributed by atoms with Gasteiger partial charge in [0.25, 0.3) is 5.91 Å². The van der Waals surface area contributed by atoms with E-state index in [2.05, 4.69) is 4.98 Å². The highest BCUT2D eigenvalue weighted by Crippen LogP contribution is 2.37. The van der Waals surface area contributed by atoms with Crippen LogP contribution < -0.4 is 15.2 Å². The quantitative estimate of drug-likeness (QED) is 0.448. The van der Waals surface area contributed by atoms with Crippen molar-refractivity contribution in [1.82, 2.24) is 9.38 Å². The lowest BCUT2D eigenvalue weighted by molar-refractivity contribution is 0.0497. The molecule has 29 heavy (non-hydrogen) atoms. The maximum absolute atomic E-state index is 12.0. The third-order valence-corrected chi connectivity index (χ3v) is 5.43. The molecular formula is C21H19N3O4S. The Kier molecular flexibility index (Phi) is 5.46. The van der Waals surface area contributed by atoms with Gasteiger partial charge >= 0.3 is 0 Å². The van der Waals surface area contributed by atoms with Gasteiger partial charge in [0.05, 0.1) is 16.8 Å². The van der Waals surface area contributed by atoms with Crippen LogP contribution in [-0.4, -0.2) is 29.2 Å². The molecule has 148 valence electrons. The number of ether oxygens (including phenoxy) is 3. The Morgan fingerprint density at radius 1 is 1.14 bits per heavy atom. The van der Waals surface area contributed by atoms with E-state index < -0.39 is 5.91 Å². The first kappa shape index (κ1) is 19.0. The highest BCUT2D eigenvalue weighted by Gasteiger charge is 2.19. The lowest BCUT2D eigenvalue weighted by Gasteiger charge is -2.11. The highest BCUT2D eigenvalue weighted by atomic mass is 32.1. The number of para-hydroxylation sites is 1. The molecule has 0 atom stereocenters. The van der Waals surface area contributed by atoms with Gasteiger partial charge in [0.1, 0.15) is 28.6 Å². The number of imidazole rings is 1. The molecule has 0 aliphatic carbocycles. The fourth-order valence-electron chi connectivity index (χ4n) is 2.94. The monoisotopic (exact) mass is 409 g/mol. The van der Waals surface area contributed by atoms with Gasteiger partial charge in [0.2, 0.25) is 0 Å². The van der Waals surface area contributed by atoms with Gasteiger partial charge in [-0.1, -0.05) is 24.3 Å². The second-order valence-corrected chi connectivity index (χ2v) is 7.24. The Morgan fingerprint density at radius 2 is 1.97 bits per heavy atom. The van der Waals surface area contributed by atoms with Crippen LogP contribution in [0.5, 0.6) is 11.5 Å². The van der Waals surface area contributed by atoms with Gasteiger partial charge in [-0.05, 0) is 18.2 Å². The zero-order valence-corrected chi connectivity index (χ0v) is 16.5. The Morgan fingerprint density at radius 3 is 2.79 bits per heavy atom. The molecule has 0 saturated carbocycles. The predicted molar refractivity (Wildman–Crippen MR) is 110 cm³/mol. The average molecular weight is 409 g/mol. The first-order valence-corrected chi connectivity index (χ1v) is 9.67. The number of rotatable bonds is 8. The molecule has 8 heteroatoms. The third kappa shape index (κ3) is 3.94. The van der Waals surface area contributed by atoms with E-state index >= 15 is 0 Å². The first-order chi connectivity index (χ1) is 14.2. The number of carbonyl (C=O) groups is 1. The summed E-state index contributed by atoms with van der Waals surface area (Å²) in [6.07, 6.45) is 3.69. The molecular weight excluding hydrogens is 390 g/mol. The van der Waals surface area contributed by atoms with Crippen molar-refractivity contribution in [3.8, 4) is 22.1 Å². The number of primary amides is 1. The van der Waals surface area contributed by atoms with Crippen molar-refractivity contribution in [2.24, 2.45) is 5.73 Å². The number of amides is 1. The van der Waals surface area contributed by atoms with E-state index in [1.807, 2.05) is 59.1 Å². The smallest absolute Gasteiger partial charge is 0.262 e. The lowest BCUT2D eigenvalue weighted by Crippen LogP contribution is -2.11. The molecule has 0 spiro atoms. The molecule has 0 aliphatic heterocycles. The lowest BCUT2D eigenvalue weighted by atomic mass is 10.2. The number of nitrogens with two attached hydrogens (primary N) is 1. The molecule has 2 N–H and O–H groups in total. The van der Waals surface area contributed by atoms with Crippen molar-refractivity contribution >= 4 is 22.9 Å². The van der Waals surface area contributed by atoms with E-state index in [1.54, 1.807) is 13.3 Å². The van der Waals surface area contributed by atoms with Gasteiger partial charge in [-0.3, -0.25) is 9.20 Å². The summed E-state index contributed by atoms with van der Waals surface area (Å²) in [6.45, 7) is 0.365. The summed E-state index contributed by atoms with van der Waals surface area (Å²) in [5, 5.41) is 0. The number of thiophene rings is 1. The zero-order chi connectivity index (χ0) is 20.2. The van der Waals surface area contributed by atoms with E-state index in [0.29, 0.717) is 16.4 Å². The molecule has 7 nitrogen and oxygen atoms in total. The minimum atomic E-state index is -0.533. The molecule has 3 heterocycles. The Balaban J connectivity index is 1.62. The predicted octanol–water partition coefficient (Wildman–Crippen LogP) is 3.72. The summed E-state index contributed by atoms with van der Waals surface area (Å²) in [4.78, 5) is 17.6. The van der Waals surface area contributed by atoms with E-state index in [1.165, 1.54) is 11.3 Å². The number of nitrogens with zero attached hydrogens (tertiary/aromatic N) is 2. The number of hydrogen-bond acceptors (Lipinski definition) is 6. The van der Waals surface area contributed by atoms with Crippen molar-refractivity contribution in [2.75, 3.05) is 13.9 Å². The minimum absolute atomic E-state index is 0.139. The van der Waals surface area contributed by atoms with Crippen molar-refractivity contribution in [3.05, 3.63) is 71.4 Å². The number of aromatic nitrogens is 2. The summed E-state index contributed by atoms with van der Waals surface area (Å²) in [5.41, 5.74) is 8.11. The van der Waals surface area contributed by atoms with E-state index in [9.17, 15) is 4.79 Å². The molecule has 4 rings (SSSR count). The minimum Gasteiger partial charge on any atom is -0.487 e. The third-order valence-electron chi connectivity index (χ3n) is 4.28. The number of pyridine rings is 1. The van der Waals surface area contributed by atoms with Crippen LogP contribution in [0.1, 0.15) is 15.2 Å². The van der Waals surface area contributed by atoms with Gasteiger partial charge in [-0.15, -0.1) is 11.3 Å². The van der Waals surface area contributed by atoms with Crippen LogP contribution in [0.25, 0.3) is 16.2 Å². The summed E-state index contributed by atoms with van der Waals surface area (Å²) in [6, 6.07) is 15.1. The van der Waals surface area contributed by atoms with E-state index in [-0.39, 0.29) is 13.4 Å². The van der Waals surface area contributed by atoms with Gasteiger partial charge < -0.3 is 19.9 Å². The second-order valence-electron chi connectivity index (χ2n) is 6.19. The molecule has 0 bridgehead atoms. The highest BCUT2D eigenvalue weighted by molar-refractivity contribution is 7.17. The Hall–Kier alpha value is -3.36. The van der Waals surface area contributed by atoms with Gasteiger partial charge in [-0.2, -0.15) is 0 Å². The second kappa shape index (κ2) is 8.34. The van der Waals surface area contributed by atoms with Crippen LogP contribution in [0.2, 0.25) is 0 Å². The van der Waals surface area contributed by atoms with Gasteiger partial charge in [0, 0.05) is 24.9 Å². The number of methoxy groups -OCH3 is 1. The first-order valence-electron chi connectivity index (χ1n) is 8.86. The van der Waals surface area contributed by atoms with Crippen molar-refractivity contribution in [2.45, 2.75) is 6.61 Å². The fraction of sp³-hybridized carbons (Fsp3) is 0.143. The van der Waals surface area contributed by atoms with Gasteiger partial charge in [0.15, 0.2) is 6.79 Å². The molecule has 0 saturated heterocycles. The fourth-order valence-corrected chi connectivity index (χ4v) is 3.90. The van der Waals surface area contributed by atoms with Crippen molar-refractivity contribution in [3.63, 3.8) is 0 Å². The van der Waals surface area contributed by atoms with E-state index in [4.69, 9.17) is 19.9 Å². The van der Waals surface area contributed by atoms with Crippen molar-refractivity contribution in [1.29, 1.82) is 0 Å². The van der Waals surface area contributed by atoms with E-state index in [0.717, 1.165) is 21.8 Å². The molecule has 0 radical (unpaired) electrons. The number of hydrogen-bond donors (Lipinski definition) is 1. The van der Waals surface area contributed by atoms with Crippen LogP contribution in [0.3, 0.4) is 0 Å². The molecule has 3 aromatic heterocycles. The maximum atomic E-state index is 12.0. The summed E-state index contributed by atoms with van der Waals surface area (Å²) in [5.74, 6) is 0.561. The summed E-state index contributed by atoms with van der Waals surface area (Å²) >= 11 is 1.28. The van der Waals surface area contributed by atoms with Crippen LogP contribution in [0, 0.1) is 0 Å². The van der Waals surface area contributed by atoms with Crippen LogP contribution >= 0.6 is 11.3 Å². The van der Waals surface area contributed by atoms with Crippen LogP contribution in [0.15, 0.2) is 60.9 Å². The molecule has 0 unspecified atom stereocenters. The van der Waals surface area contributed by atoms with Crippen LogP contribution in [0.4, 0.5) is 0 Å². The maximum Gasteiger partial charge on any atom is 0.262 e. The number of fused-ring (bicyclic) bond motifs is 1. The van der Waals surface area contributed by atoms with Gasteiger partial charge in [-0.25, -0.2) is 4.98 Å². The largest absolute Gasteiger partial charge is 0.487 e.